The third-order valence-electron chi connectivity index (χ3n) is 1.60. The zero-order valence-electron chi connectivity index (χ0n) is 11.9. The fourth-order valence-electron chi connectivity index (χ4n) is 0.897. The first-order valence-corrected chi connectivity index (χ1v) is 5.97. The van der Waals surface area contributed by atoms with Crippen molar-refractivity contribution in [3.05, 3.63) is 24.3 Å². The highest BCUT2D eigenvalue weighted by Gasteiger charge is 2.14. The molecule has 0 aliphatic rings. The van der Waals surface area contributed by atoms with Crippen LogP contribution in [0, 0.1) is 0 Å². The summed E-state index contributed by atoms with van der Waals surface area (Å²) in [5, 5.41) is 0. The van der Waals surface area contributed by atoms with Crippen LogP contribution in [0.3, 0.4) is 0 Å². The Labute approximate surface area is 109 Å². The molecule has 4 heteroatoms. The number of hydrogen-bond acceptors (Lipinski definition) is 4. The Kier molecular flexibility index (Phi) is 4.59. The molecule has 4 nitrogen and oxygen atoms in total. The Morgan fingerprint density at radius 1 is 0.611 bits per heavy atom. The van der Waals surface area contributed by atoms with Crippen LogP contribution in [0.4, 0.5) is 0 Å². The second-order valence-electron chi connectivity index (χ2n) is 6.03. The van der Waals surface area contributed by atoms with E-state index in [1.54, 1.807) is 24.3 Å². The molecule has 0 fully saturated rings. The quantitative estimate of drug-likeness (QED) is 0.603. The first-order valence-electron chi connectivity index (χ1n) is 5.97. The van der Waals surface area contributed by atoms with Crippen molar-refractivity contribution in [3.8, 4) is 11.5 Å². The molecule has 0 saturated carbocycles. The van der Waals surface area contributed by atoms with Crippen LogP contribution in [0.5, 0.6) is 11.5 Å². The Morgan fingerprint density at radius 2 is 0.889 bits per heavy atom. The van der Waals surface area contributed by atoms with Crippen LogP contribution < -0.4 is 9.78 Å². The molecule has 1 rings (SSSR count). The smallest absolute Gasteiger partial charge is 0.165 e. The molecule has 1 aromatic carbocycles. The van der Waals surface area contributed by atoms with E-state index in [1.807, 2.05) is 41.5 Å². The van der Waals surface area contributed by atoms with Crippen LogP contribution >= 0.6 is 0 Å². The fourth-order valence-corrected chi connectivity index (χ4v) is 0.897. The first kappa shape index (κ1) is 14.8. The predicted molar refractivity (Wildman–Crippen MR) is 69.4 cm³/mol. The maximum Gasteiger partial charge on any atom is 0.165 e. The highest BCUT2D eigenvalue weighted by Crippen LogP contribution is 2.21. The molecular weight excluding hydrogens is 232 g/mol. The van der Waals surface area contributed by atoms with Gasteiger partial charge < -0.3 is 9.78 Å². The zero-order chi connectivity index (χ0) is 13.8. The highest BCUT2D eigenvalue weighted by molar-refractivity contribution is 5.30. The Hall–Kier alpha value is -1.26. The van der Waals surface area contributed by atoms with Gasteiger partial charge in [-0.25, -0.2) is 0 Å². The minimum Gasteiger partial charge on any atom is -0.337 e. The Morgan fingerprint density at radius 3 is 1.11 bits per heavy atom. The molecule has 0 aliphatic heterocycles. The van der Waals surface area contributed by atoms with Gasteiger partial charge in [0, 0.05) is 0 Å². The lowest BCUT2D eigenvalue weighted by Crippen LogP contribution is -2.21. The molecule has 0 aromatic heterocycles. The number of hydrogen-bond donors (Lipinski definition) is 0. The summed E-state index contributed by atoms with van der Waals surface area (Å²) in [6.07, 6.45) is 0. The molecule has 0 radical (unpaired) electrons. The molecule has 0 N–H and O–H groups in total. The van der Waals surface area contributed by atoms with Gasteiger partial charge in [0.25, 0.3) is 0 Å². The van der Waals surface area contributed by atoms with E-state index in [0.717, 1.165) is 0 Å². The Balaban J connectivity index is 2.48. The van der Waals surface area contributed by atoms with Crippen molar-refractivity contribution >= 4 is 0 Å². The summed E-state index contributed by atoms with van der Waals surface area (Å²) < 4.78 is 0. The highest BCUT2D eigenvalue weighted by atomic mass is 17.2. The maximum atomic E-state index is 5.20. The molecule has 0 spiro atoms. The van der Waals surface area contributed by atoms with Crippen molar-refractivity contribution < 1.29 is 19.6 Å². The first-order chi connectivity index (χ1) is 8.16. The largest absolute Gasteiger partial charge is 0.337 e. The molecule has 0 aliphatic carbocycles. The molecule has 0 heterocycles. The SMILES string of the molecule is CC(C)(C)OOc1ccc(OOC(C)(C)C)cc1. The number of rotatable bonds is 4. The van der Waals surface area contributed by atoms with E-state index in [4.69, 9.17) is 19.6 Å². The standard InChI is InChI=1S/C14H22O4/c1-13(2,3)17-15-11-7-9-12(10-8-11)16-18-14(4,5)6/h7-10H,1-6H3. The minimum absolute atomic E-state index is 0.343. The van der Waals surface area contributed by atoms with Gasteiger partial charge in [-0.3, -0.25) is 0 Å². The van der Waals surface area contributed by atoms with Gasteiger partial charge in [-0.1, -0.05) is 0 Å². The molecule has 18 heavy (non-hydrogen) atoms. The van der Waals surface area contributed by atoms with Crippen molar-refractivity contribution in [1.82, 2.24) is 0 Å². The summed E-state index contributed by atoms with van der Waals surface area (Å²) in [7, 11) is 0. The van der Waals surface area contributed by atoms with E-state index in [2.05, 4.69) is 0 Å². The third kappa shape index (κ3) is 6.47. The van der Waals surface area contributed by atoms with Crippen molar-refractivity contribution in [2.24, 2.45) is 0 Å². The van der Waals surface area contributed by atoms with Gasteiger partial charge in [0.15, 0.2) is 11.5 Å². The van der Waals surface area contributed by atoms with Gasteiger partial charge in [-0.15, -0.1) is 0 Å². The van der Waals surface area contributed by atoms with E-state index in [1.165, 1.54) is 0 Å². The Bertz CT molecular complexity index is 320. The molecule has 0 saturated heterocycles. The lowest BCUT2D eigenvalue weighted by molar-refractivity contribution is -0.276. The van der Waals surface area contributed by atoms with E-state index in [0.29, 0.717) is 11.5 Å². The van der Waals surface area contributed by atoms with Gasteiger partial charge in [-0.2, -0.15) is 9.78 Å². The molecule has 1 aromatic rings. The topological polar surface area (TPSA) is 36.9 Å². The second-order valence-corrected chi connectivity index (χ2v) is 6.03. The third-order valence-corrected chi connectivity index (χ3v) is 1.60. The summed E-state index contributed by atoms with van der Waals surface area (Å²) in [6, 6.07) is 7.03. The molecule has 0 amide bonds. The van der Waals surface area contributed by atoms with Gasteiger partial charge in [0.1, 0.15) is 11.2 Å². The van der Waals surface area contributed by atoms with Gasteiger partial charge in [-0.05, 0) is 65.8 Å². The van der Waals surface area contributed by atoms with E-state index < -0.39 is 0 Å². The lowest BCUT2D eigenvalue weighted by atomic mass is 10.2. The zero-order valence-corrected chi connectivity index (χ0v) is 11.9. The molecular formula is C14H22O4. The monoisotopic (exact) mass is 254 g/mol. The van der Waals surface area contributed by atoms with Crippen LogP contribution in [-0.2, 0) is 9.78 Å². The van der Waals surface area contributed by atoms with E-state index >= 15 is 0 Å². The van der Waals surface area contributed by atoms with Crippen LogP contribution in [0.25, 0.3) is 0 Å². The summed E-state index contributed by atoms with van der Waals surface area (Å²) in [4.78, 5) is 20.7. The molecule has 102 valence electrons. The normalized spacial score (nSPS) is 12.3. The van der Waals surface area contributed by atoms with Crippen LogP contribution in [-0.4, -0.2) is 11.2 Å². The summed E-state index contributed by atoms with van der Waals surface area (Å²) in [5.74, 6) is 1.24. The summed E-state index contributed by atoms with van der Waals surface area (Å²) in [5.41, 5.74) is -0.685. The van der Waals surface area contributed by atoms with E-state index in [9.17, 15) is 0 Å². The van der Waals surface area contributed by atoms with Crippen LogP contribution in [0.15, 0.2) is 24.3 Å². The van der Waals surface area contributed by atoms with Gasteiger partial charge in [0.2, 0.25) is 0 Å². The van der Waals surface area contributed by atoms with Crippen molar-refractivity contribution in [3.63, 3.8) is 0 Å². The molecule has 0 unspecified atom stereocenters. The fraction of sp³-hybridized carbons (Fsp3) is 0.571. The maximum absolute atomic E-state index is 5.20. The van der Waals surface area contributed by atoms with Crippen molar-refractivity contribution in [1.29, 1.82) is 0 Å². The van der Waals surface area contributed by atoms with Crippen molar-refractivity contribution in [2.45, 2.75) is 52.7 Å². The van der Waals surface area contributed by atoms with Gasteiger partial charge >= 0.3 is 0 Å². The lowest BCUT2D eigenvalue weighted by Gasteiger charge is -2.19. The second kappa shape index (κ2) is 5.59. The average molecular weight is 254 g/mol. The average Bonchev–Trinajstić information content (AvgIpc) is 2.23. The van der Waals surface area contributed by atoms with E-state index in [-0.39, 0.29) is 11.2 Å². The molecule has 0 atom stereocenters. The summed E-state index contributed by atoms with van der Waals surface area (Å²) in [6.45, 7) is 11.5. The van der Waals surface area contributed by atoms with Crippen LogP contribution in [0.2, 0.25) is 0 Å². The van der Waals surface area contributed by atoms with Gasteiger partial charge in [0.05, 0.1) is 0 Å². The van der Waals surface area contributed by atoms with Crippen LogP contribution in [0.1, 0.15) is 41.5 Å². The number of benzene rings is 1. The predicted octanol–water partition coefficient (Wildman–Crippen LogP) is 3.90. The molecule has 0 bridgehead atoms. The minimum atomic E-state index is -0.343. The summed E-state index contributed by atoms with van der Waals surface area (Å²) >= 11 is 0. The van der Waals surface area contributed by atoms with Crippen molar-refractivity contribution in [2.75, 3.05) is 0 Å².